The zero-order valence-corrected chi connectivity index (χ0v) is 22.8. The highest BCUT2D eigenvalue weighted by Gasteiger charge is 1.94. The van der Waals surface area contributed by atoms with Crippen molar-refractivity contribution in [3.8, 4) is 0 Å². The van der Waals surface area contributed by atoms with Crippen LogP contribution in [-0.4, -0.2) is 11.1 Å². The molecule has 0 bridgehead atoms. The quantitative estimate of drug-likeness (QED) is 0.0949. The van der Waals surface area contributed by atoms with E-state index in [1.54, 1.807) is 0 Å². The molecule has 0 aliphatic carbocycles. The summed E-state index contributed by atoms with van der Waals surface area (Å²) in [5.74, 6) is -0.695. The second-order valence-corrected chi connectivity index (χ2v) is 9.95. The summed E-state index contributed by atoms with van der Waals surface area (Å²) >= 11 is 0. The van der Waals surface area contributed by atoms with E-state index >= 15 is 0 Å². The lowest BCUT2D eigenvalue weighted by atomic mass is 10.0. The number of aliphatic carboxylic acids is 1. The molecule has 0 rings (SSSR count). The van der Waals surface area contributed by atoms with Gasteiger partial charge in [0.05, 0.1) is 0 Å². The summed E-state index contributed by atoms with van der Waals surface area (Å²) in [6.07, 6.45) is 44.1. The molecule has 0 saturated carbocycles. The maximum Gasteiger partial charge on any atom is 0.303 e. The molecule has 1 N–H and O–H groups in total. The Bertz CT molecular complexity index is 489. The first-order valence-electron chi connectivity index (χ1n) is 14.9. The van der Waals surface area contributed by atoms with E-state index in [4.69, 9.17) is 5.11 Å². The minimum atomic E-state index is -0.695. The van der Waals surface area contributed by atoms with Gasteiger partial charge in [-0.3, -0.25) is 4.79 Å². The Morgan fingerprint density at radius 1 is 0.441 bits per heavy atom. The highest BCUT2D eigenvalue weighted by Crippen LogP contribution is 2.13. The van der Waals surface area contributed by atoms with Gasteiger partial charge in [-0.1, -0.05) is 127 Å². The van der Waals surface area contributed by atoms with Crippen LogP contribution in [0.25, 0.3) is 0 Å². The first-order chi connectivity index (χ1) is 16.8. The molecular formula is C32H58O2. The monoisotopic (exact) mass is 474 g/mol. The molecule has 0 unspecified atom stereocenters. The van der Waals surface area contributed by atoms with Gasteiger partial charge in [0, 0.05) is 6.42 Å². The average Bonchev–Trinajstić information content (AvgIpc) is 2.83. The van der Waals surface area contributed by atoms with Gasteiger partial charge in [-0.25, -0.2) is 0 Å². The van der Waals surface area contributed by atoms with Crippen molar-refractivity contribution in [3.05, 3.63) is 36.5 Å². The number of hydrogen-bond donors (Lipinski definition) is 1. The van der Waals surface area contributed by atoms with Gasteiger partial charge in [0.15, 0.2) is 0 Å². The van der Waals surface area contributed by atoms with Crippen LogP contribution in [-0.2, 0) is 4.79 Å². The van der Waals surface area contributed by atoms with E-state index < -0.39 is 5.97 Å². The van der Waals surface area contributed by atoms with Crippen LogP contribution in [0.5, 0.6) is 0 Å². The molecule has 0 aromatic heterocycles. The van der Waals surface area contributed by atoms with E-state index in [-0.39, 0.29) is 6.42 Å². The smallest absolute Gasteiger partial charge is 0.303 e. The molecule has 0 atom stereocenters. The molecule has 198 valence electrons. The van der Waals surface area contributed by atoms with Gasteiger partial charge in [-0.05, 0) is 64.2 Å². The summed E-state index contributed by atoms with van der Waals surface area (Å²) in [5, 5.41) is 8.58. The van der Waals surface area contributed by atoms with Crippen LogP contribution in [0.2, 0.25) is 0 Å². The molecule has 0 fully saturated rings. The SMILES string of the molecule is CCCCCCC=CCCCCCCCCCCCCCCC=CCCC=CCCCC(=O)O. The maximum absolute atomic E-state index is 10.4. The van der Waals surface area contributed by atoms with Gasteiger partial charge in [-0.15, -0.1) is 0 Å². The predicted molar refractivity (Wildman–Crippen MR) is 152 cm³/mol. The van der Waals surface area contributed by atoms with Gasteiger partial charge in [0.2, 0.25) is 0 Å². The van der Waals surface area contributed by atoms with Crippen molar-refractivity contribution in [3.63, 3.8) is 0 Å². The van der Waals surface area contributed by atoms with Crippen molar-refractivity contribution < 1.29 is 9.90 Å². The number of carbonyl (C=O) groups is 1. The Morgan fingerprint density at radius 3 is 1.09 bits per heavy atom. The van der Waals surface area contributed by atoms with Crippen molar-refractivity contribution in [2.24, 2.45) is 0 Å². The Hall–Kier alpha value is -1.31. The topological polar surface area (TPSA) is 37.3 Å². The fraction of sp³-hybridized carbons (Fsp3) is 0.781. The van der Waals surface area contributed by atoms with Crippen LogP contribution < -0.4 is 0 Å². The first-order valence-corrected chi connectivity index (χ1v) is 14.9. The Labute approximate surface area is 213 Å². The zero-order valence-electron chi connectivity index (χ0n) is 22.8. The molecule has 0 spiro atoms. The average molecular weight is 475 g/mol. The Morgan fingerprint density at radius 2 is 0.735 bits per heavy atom. The van der Waals surface area contributed by atoms with Gasteiger partial charge >= 0.3 is 5.97 Å². The fourth-order valence-electron chi connectivity index (χ4n) is 4.25. The Balaban J connectivity index is 3.16. The van der Waals surface area contributed by atoms with Gasteiger partial charge in [0.1, 0.15) is 0 Å². The normalized spacial score (nSPS) is 12.0. The summed E-state index contributed by atoms with van der Waals surface area (Å²) < 4.78 is 0. The molecule has 0 aromatic carbocycles. The molecule has 2 nitrogen and oxygen atoms in total. The lowest BCUT2D eigenvalue weighted by Crippen LogP contribution is -1.92. The van der Waals surface area contributed by atoms with E-state index in [0.29, 0.717) is 0 Å². The maximum atomic E-state index is 10.4. The van der Waals surface area contributed by atoms with Crippen LogP contribution in [0.15, 0.2) is 36.5 Å². The summed E-state index contributed by atoms with van der Waals surface area (Å²) in [4.78, 5) is 10.4. The summed E-state index contributed by atoms with van der Waals surface area (Å²) in [6, 6.07) is 0. The number of unbranched alkanes of at least 4 members (excludes halogenated alkanes) is 19. The highest BCUT2D eigenvalue weighted by molar-refractivity contribution is 5.66. The number of carboxylic acid groups (broad SMARTS) is 1. The molecule has 0 heterocycles. The first kappa shape index (κ1) is 32.7. The van der Waals surface area contributed by atoms with E-state index in [1.807, 2.05) is 0 Å². The molecule has 0 aliphatic heterocycles. The highest BCUT2D eigenvalue weighted by atomic mass is 16.4. The number of hydrogen-bond acceptors (Lipinski definition) is 1. The van der Waals surface area contributed by atoms with Gasteiger partial charge in [0.25, 0.3) is 0 Å². The van der Waals surface area contributed by atoms with E-state index in [2.05, 4.69) is 43.4 Å². The molecule has 2 heteroatoms. The van der Waals surface area contributed by atoms with Gasteiger partial charge in [-0.2, -0.15) is 0 Å². The zero-order chi connectivity index (χ0) is 24.8. The predicted octanol–water partition coefficient (Wildman–Crippen LogP) is 11.1. The lowest BCUT2D eigenvalue weighted by Gasteiger charge is -2.02. The molecule has 34 heavy (non-hydrogen) atoms. The van der Waals surface area contributed by atoms with Crippen LogP contribution in [0.4, 0.5) is 0 Å². The van der Waals surface area contributed by atoms with Crippen LogP contribution in [0.3, 0.4) is 0 Å². The van der Waals surface area contributed by atoms with Crippen LogP contribution >= 0.6 is 0 Å². The van der Waals surface area contributed by atoms with Crippen molar-refractivity contribution in [2.75, 3.05) is 0 Å². The third kappa shape index (κ3) is 30.7. The van der Waals surface area contributed by atoms with Crippen molar-refractivity contribution in [1.82, 2.24) is 0 Å². The third-order valence-corrected chi connectivity index (χ3v) is 6.48. The van der Waals surface area contributed by atoms with Crippen molar-refractivity contribution in [2.45, 2.75) is 161 Å². The molecule has 0 radical (unpaired) electrons. The standard InChI is InChI=1S/C32H58O2/c1-2-3-4-5-6-7-8-9-10-11-12-13-14-15-16-17-18-19-20-21-22-23-24-25-26-27-28-29-30-31-32(33)34/h7-8,23-24,27-28H,2-6,9-22,25-26,29-31H2,1H3,(H,33,34). The second-order valence-electron chi connectivity index (χ2n) is 9.95. The van der Waals surface area contributed by atoms with E-state index in [1.165, 1.54) is 122 Å². The summed E-state index contributed by atoms with van der Waals surface area (Å²) in [6.45, 7) is 2.28. The van der Waals surface area contributed by atoms with E-state index in [0.717, 1.165) is 25.7 Å². The molecule has 0 saturated heterocycles. The van der Waals surface area contributed by atoms with E-state index in [9.17, 15) is 4.79 Å². The number of allylic oxidation sites excluding steroid dienone is 6. The van der Waals surface area contributed by atoms with Crippen molar-refractivity contribution >= 4 is 5.97 Å². The van der Waals surface area contributed by atoms with Gasteiger partial charge < -0.3 is 5.11 Å². The minimum Gasteiger partial charge on any atom is -0.481 e. The number of rotatable bonds is 27. The third-order valence-electron chi connectivity index (χ3n) is 6.48. The van der Waals surface area contributed by atoms with Crippen LogP contribution in [0.1, 0.15) is 161 Å². The second kappa shape index (κ2) is 29.7. The number of carboxylic acids is 1. The Kier molecular flexibility index (Phi) is 28.6. The lowest BCUT2D eigenvalue weighted by molar-refractivity contribution is -0.137. The minimum absolute atomic E-state index is 0.280. The molecular weight excluding hydrogens is 416 g/mol. The molecule has 0 aromatic rings. The summed E-state index contributed by atoms with van der Waals surface area (Å²) in [7, 11) is 0. The van der Waals surface area contributed by atoms with Crippen molar-refractivity contribution in [1.29, 1.82) is 0 Å². The largest absolute Gasteiger partial charge is 0.481 e. The molecule has 0 aliphatic rings. The molecule has 0 amide bonds. The van der Waals surface area contributed by atoms with Crippen LogP contribution in [0, 0.1) is 0 Å². The fourth-order valence-corrected chi connectivity index (χ4v) is 4.25. The summed E-state index contributed by atoms with van der Waals surface area (Å²) in [5.41, 5.74) is 0.